The maximum atomic E-state index is 10.8. The van der Waals surface area contributed by atoms with Crippen LogP contribution in [0.2, 0.25) is 0 Å². The summed E-state index contributed by atoms with van der Waals surface area (Å²) in [5, 5.41) is 8.92. The van der Waals surface area contributed by atoms with Gasteiger partial charge in [-0.15, -0.1) is 0 Å². The Morgan fingerprint density at radius 2 is 2.11 bits per heavy atom. The zero-order valence-electron chi connectivity index (χ0n) is 9.89. The molecule has 1 aromatic rings. The highest BCUT2D eigenvalue weighted by atomic mass is 16.7. The van der Waals surface area contributed by atoms with Gasteiger partial charge in [-0.05, 0) is 42.9 Å². The van der Waals surface area contributed by atoms with Crippen molar-refractivity contribution < 1.29 is 19.4 Å². The quantitative estimate of drug-likeness (QED) is 0.871. The summed E-state index contributed by atoms with van der Waals surface area (Å²) in [6.45, 7) is 0.284. The zero-order chi connectivity index (χ0) is 12.5. The fourth-order valence-electron chi connectivity index (χ4n) is 2.50. The van der Waals surface area contributed by atoms with Crippen LogP contribution in [-0.2, 0) is 4.79 Å². The van der Waals surface area contributed by atoms with E-state index in [2.05, 4.69) is 0 Å². The molecule has 1 atom stereocenters. The average molecular weight is 246 g/mol. The van der Waals surface area contributed by atoms with Gasteiger partial charge < -0.3 is 14.6 Å². The molecular weight excluding hydrogens is 232 g/mol. The Morgan fingerprint density at radius 3 is 2.83 bits per heavy atom. The van der Waals surface area contributed by atoms with Crippen LogP contribution in [0.15, 0.2) is 29.8 Å². The normalized spacial score (nSPS) is 21.6. The summed E-state index contributed by atoms with van der Waals surface area (Å²) >= 11 is 0. The van der Waals surface area contributed by atoms with E-state index in [0.29, 0.717) is 17.9 Å². The lowest BCUT2D eigenvalue weighted by Crippen LogP contribution is -2.09. The molecule has 0 saturated heterocycles. The maximum Gasteiger partial charge on any atom is 0.331 e. The first kappa shape index (κ1) is 11.1. The third kappa shape index (κ3) is 1.94. The van der Waals surface area contributed by atoms with Crippen molar-refractivity contribution in [3.05, 3.63) is 35.4 Å². The first-order valence-electron chi connectivity index (χ1n) is 6.06. The molecule has 0 fully saturated rings. The average Bonchev–Trinajstić information content (AvgIpc) is 2.86. The molecule has 1 aliphatic carbocycles. The van der Waals surface area contributed by atoms with Crippen molar-refractivity contribution in [3.63, 3.8) is 0 Å². The molecule has 0 radical (unpaired) electrons. The number of ether oxygens (including phenoxy) is 2. The molecule has 4 nitrogen and oxygen atoms in total. The summed E-state index contributed by atoms with van der Waals surface area (Å²) in [6.07, 6.45) is 4.12. The van der Waals surface area contributed by atoms with E-state index in [-0.39, 0.29) is 6.79 Å². The second kappa shape index (κ2) is 4.37. The van der Waals surface area contributed by atoms with Crippen molar-refractivity contribution in [3.8, 4) is 11.5 Å². The molecule has 1 aromatic carbocycles. The van der Waals surface area contributed by atoms with Gasteiger partial charge in [-0.2, -0.15) is 0 Å². The largest absolute Gasteiger partial charge is 0.478 e. The van der Waals surface area contributed by atoms with Gasteiger partial charge in [-0.1, -0.05) is 12.1 Å². The van der Waals surface area contributed by atoms with Crippen LogP contribution in [0.25, 0.3) is 0 Å². The molecule has 1 unspecified atom stereocenters. The monoisotopic (exact) mass is 246 g/mol. The number of allylic oxidation sites excluding steroid dienone is 1. The van der Waals surface area contributed by atoms with Crippen molar-refractivity contribution >= 4 is 5.97 Å². The van der Waals surface area contributed by atoms with Gasteiger partial charge in [-0.25, -0.2) is 4.79 Å². The van der Waals surface area contributed by atoms with Crippen LogP contribution in [0.3, 0.4) is 0 Å². The molecule has 1 heterocycles. The van der Waals surface area contributed by atoms with Gasteiger partial charge in [0.05, 0.1) is 0 Å². The van der Waals surface area contributed by atoms with Gasteiger partial charge in [0, 0.05) is 5.57 Å². The summed E-state index contributed by atoms with van der Waals surface area (Å²) in [5.41, 5.74) is 1.73. The van der Waals surface area contributed by atoms with Crippen molar-refractivity contribution in [2.24, 2.45) is 0 Å². The maximum absolute atomic E-state index is 10.8. The minimum atomic E-state index is -0.792. The molecule has 3 rings (SSSR count). The highest BCUT2D eigenvalue weighted by molar-refractivity contribution is 5.86. The standard InChI is InChI=1S/C14H14O4/c15-14(16)10-3-1-9(2-4-10)11-5-6-12-13(7-11)18-8-17-12/h3,5-7,9H,1-2,4,8H2,(H,15,16). The van der Waals surface area contributed by atoms with Gasteiger partial charge in [0.2, 0.25) is 6.79 Å². The summed E-state index contributed by atoms with van der Waals surface area (Å²) in [6, 6.07) is 5.97. The Bertz CT molecular complexity index is 519. The Balaban J connectivity index is 1.79. The van der Waals surface area contributed by atoms with E-state index in [9.17, 15) is 4.79 Å². The Labute approximate surface area is 105 Å². The Morgan fingerprint density at radius 1 is 1.28 bits per heavy atom. The molecule has 2 aliphatic rings. The molecule has 0 aromatic heterocycles. The van der Waals surface area contributed by atoms with Crippen LogP contribution in [0.1, 0.15) is 30.7 Å². The second-order valence-corrected chi connectivity index (χ2v) is 4.62. The first-order chi connectivity index (χ1) is 8.74. The van der Waals surface area contributed by atoms with Crippen LogP contribution in [0, 0.1) is 0 Å². The molecular formula is C14H14O4. The van der Waals surface area contributed by atoms with Crippen LogP contribution in [0.5, 0.6) is 11.5 Å². The van der Waals surface area contributed by atoms with E-state index < -0.39 is 5.97 Å². The zero-order valence-corrected chi connectivity index (χ0v) is 9.89. The molecule has 0 saturated carbocycles. The van der Waals surface area contributed by atoms with Crippen molar-refractivity contribution in [2.75, 3.05) is 6.79 Å². The van der Waals surface area contributed by atoms with Gasteiger partial charge in [0.25, 0.3) is 0 Å². The van der Waals surface area contributed by atoms with Gasteiger partial charge in [0.1, 0.15) is 0 Å². The number of hydrogen-bond donors (Lipinski definition) is 1. The number of fused-ring (bicyclic) bond motifs is 1. The molecule has 0 spiro atoms. The molecule has 18 heavy (non-hydrogen) atoms. The number of carboxylic acid groups (broad SMARTS) is 1. The summed E-state index contributed by atoms with van der Waals surface area (Å²) < 4.78 is 10.6. The lowest BCUT2D eigenvalue weighted by Gasteiger charge is -2.20. The first-order valence-corrected chi connectivity index (χ1v) is 6.06. The number of aliphatic carboxylic acids is 1. The molecule has 1 N–H and O–H groups in total. The molecule has 1 aliphatic heterocycles. The topological polar surface area (TPSA) is 55.8 Å². The van der Waals surface area contributed by atoms with E-state index in [1.165, 1.54) is 5.56 Å². The van der Waals surface area contributed by atoms with Gasteiger partial charge >= 0.3 is 5.97 Å². The van der Waals surface area contributed by atoms with E-state index in [1.807, 2.05) is 24.3 Å². The number of rotatable bonds is 2. The van der Waals surface area contributed by atoms with E-state index in [4.69, 9.17) is 14.6 Å². The van der Waals surface area contributed by atoms with Crippen LogP contribution in [0.4, 0.5) is 0 Å². The minimum absolute atomic E-state index is 0.284. The van der Waals surface area contributed by atoms with Crippen LogP contribution in [-0.4, -0.2) is 17.9 Å². The number of benzene rings is 1. The predicted molar refractivity (Wildman–Crippen MR) is 64.9 cm³/mol. The summed E-state index contributed by atoms with van der Waals surface area (Å²) in [4.78, 5) is 10.8. The van der Waals surface area contributed by atoms with Crippen molar-refractivity contribution in [2.45, 2.75) is 25.2 Å². The number of carbonyl (C=O) groups is 1. The summed E-state index contributed by atoms with van der Waals surface area (Å²) in [5.74, 6) is 1.17. The lowest BCUT2D eigenvalue weighted by molar-refractivity contribution is -0.132. The van der Waals surface area contributed by atoms with E-state index in [1.54, 1.807) is 0 Å². The van der Waals surface area contributed by atoms with Crippen LogP contribution >= 0.6 is 0 Å². The SMILES string of the molecule is O=C(O)C1=CCC(c2ccc3c(c2)OCO3)CC1. The van der Waals surface area contributed by atoms with E-state index >= 15 is 0 Å². The Kier molecular flexibility index (Phi) is 2.70. The molecule has 94 valence electrons. The summed E-state index contributed by atoms with van der Waals surface area (Å²) in [7, 11) is 0. The number of hydrogen-bond acceptors (Lipinski definition) is 3. The fourth-order valence-corrected chi connectivity index (χ4v) is 2.50. The number of carboxylic acids is 1. The second-order valence-electron chi connectivity index (χ2n) is 4.62. The minimum Gasteiger partial charge on any atom is -0.478 e. The lowest BCUT2D eigenvalue weighted by atomic mass is 9.84. The molecule has 0 bridgehead atoms. The fraction of sp³-hybridized carbons (Fsp3) is 0.357. The third-order valence-electron chi connectivity index (χ3n) is 3.55. The smallest absolute Gasteiger partial charge is 0.331 e. The predicted octanol–water partition coefficient (Wildman–Crippen LogP) is 2.69. The molecule has 4 heteroatoms. The van der Waals surface area contributed by atoms with Crippen molar-refractivity contribution in [1.82, 2.24) is 0 Å². The van der Waals surface area contributed by atoms with Crippen LogP contribution < -0.4 is 9.47 Å². The third-order valence-corrected chi connectivity index (χ3v) is 3.55. The van der Waals surface area contributed by atoms with Crippen molar-refractivity contribution in [1.29, 1.82) is 0 Å². The highest BCUT2D eigenvalue weighted by Crippen LogP contribution is 2.38. The Hall–Kier alpha value is -1.97. The van der Waals surface area contributed by atoms with Gasteiger partial charge in [-0.3, -0.25) is 0 Å². The highest BCUT2D eigenvalue weighted by Gasteiger charge is 2.22. The van der Waals surface area contributed by atoms with E-state index in [0.717, 1.165) is 24.3 Å². The van der Waals surface area contributed by atoms with Gasteiger partial charge in [0.15, 0.2) is 11.5 Å². The molecule has 0 amide bonds.